The molecule has 0 radical (unpaired) electrons. The van der Waals surface area contributed by atoms with Gasteiger partial charge in [0.1, 0.15) is 5.49 Å². The molecule has 2 heterocycles. The highest BCUT2D eigenvalue weighted by Crippen LogP contribution is 2.32. The number of hydrogen-bond acceptors (Lipinski definition) is 3. The van der Waals surface area contributed by atoms with Crippen molar-refractivity contribution in [3.63, 3.8) is 0 Å². The molecule has 1 aliphatic heterocycles. The molecule has 1 amide bonds. The number of rotatable bonds is 2. The van der Waals surface area contributed by atoms with Gasteiger partial charge in [0, 0.05) is 18.3 Å². The molecule has 2 aromatic rings. The smallest absolute Gasteiger partial charge is 0.240 e. The van der Waals surface area contributed by atoms with E-state index in [-0.39, 0.29) is 24.3 Å². The van der Waals surface area contributed by atoms with Crippen molar-refractivity contribution >= 4 is 17.5 Å². The number of aryl methyl sites for hydroxylation is 1. The number of para-hydroxylation sites is 1. The lowest BCUT2D eigenvalue weighted by Crippen LogP contribution is -2.36. The molecule has 1 atom stereocenters. The van der Waals surface area contributed by atoms with E-state index < -0.39 is 5.92 Å². The third-order valence-corrected chi connectivity index (χ3v) is 5.51. The van der Waals surface area contributed by atoms with Gasteiger partial charge in [0.25, 0.3) is 0 Å². The number of fused-ring (bicyclic) bond motifs is 1. The highest BCUT2D eigenvalue weighted by molar-refractivity contribution is 6.01. The summed E-state index contributed by atoms with van der Waals surface area (Å²) in [7, 11) is 0. The van der Waals surface area contributed by atoms with E-state index in [1.807, 2.05) is 43.3 Å². The quantitative estimate of drug-likeness (QED) is 0.882. The lowest BCUT2D eigenvalue weighted by Gasteiger charge is -2.25. The molecule has 1 fully saturated rings. The van der Waals surface area contributed by atoms with Gasteiger partial charge in [-0.05, 0) is 49.1 Å². The molecule has 1 unspecified atom stereocenters. The predicted octanol–water partition coefficient (Wildman–Crippen LogP) is 3.80. The summed E-state index contributed by atoms with van der Waals surface area (Å²) in [5, 5.41) is 2.86. The molecule has 140 valence electrons. The largest absolute Gasteiger partial charge is 0.326 e. The van der Waals surface area contributed by atoms with Crippen LogP contribution in [-0.2, 0) is 4.79 Å². The maximum atomic E-state index is 13.4. The number of pyridine rings is 1. The Balaban J connectivity index is 1.74. The van der Waals surface area contributed by atoms with E-state index in [4.69, 9.17) is 4.99 Å². The molecule has 27 heavy (non-hydrogen) atoms. The average molecular weight is 363 g/mol. The minimum atomic E-state index is -0.483. The van der Waals surface area contributed by atoms with Gasteiger partial charge in [-0.1, -0.05) is 37.5 Å². The van der Waals surface area contributed by atoms with Gasteiger partial charge in [0.15, 0.2) is 0 Å². The van der Waals surface area contributed by atoms with Gasteiger partial charge in [0.2, 0.25) is 11.8 Å². The Bertz CT molecular complexity index is 939. The number of nitrogens with zero attached hydrogens (tertiary/aromatic N) is 2. The minimum absolute atomic E-state index is 0.0909. The van der Waals surface area contributed by atoms with Crippen LogP contribution in [-0.4, -0.2) is 22.4 Å². The fourth-order valence-corrected chi connectivity index (χ4v) is 4.07. The van der Waals surface area contributed by atoms with Crippen LogP contribution in [0.15, 0.2) is 47.6 Å². The summed E-state index contributed by atoms with van der Waals surface area (Å²) in [6, 6.07) is 11.7. The molecule has 1 N–H and O–H groups in total. The summed E-state index contributed by atoms with van der Waals surface area (Å²) in [5.74, 6) is -0.694. The van der Waals surface area contributed by atoms with Crippen LogP contribution < -0.4 is 10.8 Å². The molecule has 4 rings (SSSR count). The summed E-state index contributed by atoms with van der Waals surface area (Å²) in [6.07, 6.45) is 7.79. The van der Waals surface area contributed by atoms with Crippen molar-refractivity contribution in [2.45, 2.75) is 57.4 Å². The summed E-state index contributed by atoms with van der Waals surface area (Å²) in [5.41, 5.74) is 3.38. The number of amides is 1. The van der Waals surface area contributed by atoms with Gasteiger partial charge in [-0.2, -0.15) is 0 Å². The topological polar surface area (TPSA) is 63.5 Å². The first-order valence-corrected chi connectivity index (χ1v) is 9.78. The van der Waals surface area contributed by atoms with Crippen molar-refractivity contribution in [3.8, 4) is 0 Å². The van der Waals surface area contributed by atoms with Crippen LogP contribution in [0.5, 0.6) is 0 Å². The second-order valence-corrected chi connectivity index (χ2v) is 7.58. The summed E-state index contributed by atoms with van der Waals surface area (Å²) in [4.78, 5) is 30.4. The standard InChI is InChI=1S/C22H25N3O2/c1-15-11-12-25(20(13-15)23-16-7-3-2-4-8-16)22(27)18-14-21(26)24-19-10-6-5-9-17(18)19/h5-6,9-13,16,18H,2-4,7-8,14H2,1H3,(H,24,26). The number of carbonyl (C=O) groups is 2. The zero-order valence-electron chi connectivity index (χ0n) is 15.6. The first kappa shape index (κ1) is 17.7. The Hall–Kier alpha value is -2.69. The molecule has 1 aliphatic carbocycles. The predicted molar refractivity (Wildman–Crippen MR) is 105 cm³/mol. The Morgan fingerprint density at radius 1 is 1.15 bits per heavy atom. The van der Waals surface area contributed by atoms with E-state index in [1.165, 1.54) is 19.3 Å². The highest BCUT2D eigenvalue weighted by Gasteiger charge is 2.31. The van der Waals surface area contributed by atoms with Gasteiger partial charge in [-0.25, -0.2) is 0 Å². The Kier molecular flexibility index (Phi) is 4.92. The average Bonchev–Trinajstić information content (AvgIpc) is 2.68. The van der Waals surface area contributed by atoms with Crippen molar-refractivity contribution in [2.24, 2.45) is 4.99 Å². The summed E-state index contributed by atoms with van der Waals surface area (Å²) in [6.45, 7) is 2.01. The lowest BCUT2D eigenvalue weighted by atomic mass is 9.89. The van der Waals surface area contributed by atoms with Crippen LogP contribution in [0.1, 0.15) is 60.4 Å². The minimum Gasteiger partial charge on any atom is -0.326 e. The normalized spacial score (nSPS) is 20.9. The van der Waals surface area contributed by atoms with E-state index >= 15 is 0 Å². The molecule has 2 aliphatic rings. The number of benzene rings is 1. The van der Waals surface area contributed by atoms with E-state index in [1.54, 1.807) is 10.8 Å². The number of anilines is 1. The fraction of sp³-hybridized carbons (Fsp3) is 0.409. The summed E-state index contributed by atoms with van der Waals surface area (Å²) >= 11 is 0. The van der Waals surface area contributed by atoms with Crippen LogP contribution in [0.4, 0.5) is 5.69 Å². The maximum Gasteiger partial charge on any atom is 0.240 e. The van der Waals surface area contributed by atoms with Gasteiger partial charge < -0.3 is 5.32 Å². The van der Waals surface area contributed by atoms with Gasteiger partial charge in [-0.3, -0.25) is 19.1 Å². The third kappa shape index (κ3) is 3.72. The van der Waals surface area contributed by atoms with Gasteiger partial charge in [-0.15, -0.1) is 0 Å². The van der Waals surface area contributed by atoms with Crippen molar-refractivity contribution in [1.82, 2.24) is 4.57 Å². The van der Waals surface area contributed by atoms with Crippen molar-refractivity contribution in [3.05, 3.63) is 59.2 Å². The first-order chi connectivity index (χ1) is 13.1. The van der Waals surface area contributed by atoms with Gasteiger partial charge in [0.05, 0.1) is 12.0 Å². The van der Waals surface area contributed by atoms with E-state index in [9.17, 15) is 9.59 Å². The molecular weight excluding hydrogens is 338 g/mol. The van der Waals surface area contributed by atoms with Crippen LogP contribution in [0.3, 0.4) is 0 Å². The second kappa shape index (κ2) is 7.51. The van der Waals surface area contributed by atoms with E-state index in [0.29, 0.717) is 5.49 Å². The number of hydrogen-bond donors (Lipinski definition) is 1. The molecule has 5 heteroatoms. The number of nitrogens with one attached hydrogen (secondary N) is 1. The maximum absolute atomic E-state index is 13.4. The zero-order chi connectivity index (χ0) is 18.8. The molecule has 5 nitrogen and oxygen atoms in total. The van der Waals surface area contributed by atoms with Crippen molar-refractivity contribution in [2.75, 3.05) is 5.32 Å². The van der Waals surface area contributed by atoms with Crippen LogP contribution in [0.2, 0.25) is 0 Å². The Labute approximate surface area is 159 Å². The third-order valence-electron chi connectivity index (χ3n) is 5.51. The van der Waals surface area contributed by atoms with Crippen molar-refractivity contribution in [1.29, 1.82) is 0 Å². The van der Waals surface area contributed by atoms with Crippen LogP contribution in [0, 0.1) is 6.92 Å². The number of carbonyl (C=O) groups excluding carboxylic acids is 2. The lowest BCUT2D eigenvalue weighted by molar-refractivity contribution is -0.116. The molecule has 1 aromatic carbocycles. The van der Waals surface area contributed by atoms with Crippen molar-refractivity contribution < 1.29 is 9.59 Å². The van der Waals surface area contributed by atoms with Crippen LogP contribution >= 0.6 is 0 Å². The van der Waals surface area contributed by atoms with Crippen LogP contribution in [0.25, 0.3) is 0 Å². The zero-order valence-corrected chi connectivity index (χ0v) is 15.6. The highest BCUT2D eigenvalue weighted by atomic mass is 16.2. The molecule has 0 saturated heterocycles. The molecule has 1 saturated carbocycles. The molecule has 0 spiro atoms. The first-order valence-electron chi connectivity index (χ1n) is 9.78. The second-order valence-electron chi connectivity index (χ2n) is 7.58. The monoisotopic (exact) mass is 363 g/mol. The fourth-order valence-electron chi connectivity index (χ4n) is 4.07. The Morgan fingerprint density at radius 2 is 1.93 bits per heavy atom. The molecular formula is C22H25N3O2. The van der Waals surface area contributed by atoms with E-state index in [2.05, 4.69) is 5.32 Å². The van der Waals surface area contributed by atoms with E-state index in [0.717, 1.165) is 29.7 Å². The number of aromatic nitrogens is 1. The molecule has 0 bridgehead atoms. The summed E-state index contributed by atoms with van der Waals surface area (Å²) < 4.78 is 1.64. The SMILES string of the molecule is Cc1ccn(C(=O)C2CC(=O)Nc3ccccc32)c(=NC2CCCCC2)c1. The molecule has 1 aromatic heterocycles. The Morgan fingerprint density at radius 3 is 2.74 bits per heavy atom. The van der Waals surface area contributed by atoms with Gasteiger partial charge >= 0.3 is 0 Å².